The minimum absolute atomic E-state index is 0.136. The first kappa shape index (κ1) is 27.3. The average molecular weight is 575 g/mol. The summed E-state index contributed by atoms with van der Waals surface area (Å²) in [5.41, 5.74) is -0.345. The van der Waals surface area contributed by atoms with E-state index in [2.05, 4.69) is 30.7 Å². The quantitative estimate of drug-likeness (QED) is 0.256. The number of pyridine rings is 1. The number of aryl methyl sites for hydroxylation is 1. The third-order valence-corrected chi connectivity index (χ3v) is 7.22. The van der Waals surface area contributed by atoms with Crippen LogP contribution in [-0.4, -0.2) is 52.3 Å². The molecule has 0 unspecified atom stereocenters. The second-order valence-corrected chi connectivity index (χ2v) is 10.8. The van der Waals surface area contributed by atoms with Crippen molar-refractivity contribution in [2.24, 2.45) is 7.05 Å². The molecule has 1 aliphatic heterocycles. The summed E-state index contributed by atoms with van der Waals surface area (Å²) in [5.74, 6) is -6.07. The van der Waals surface area contributed by atoms with Gasteiger partial charge in [-0.2, -0.15) is 9.49 Å². The van der Waals surface area contributed by atoms with E-state index in [-0.39, 0.29) is 17.6 Å². The van der Waals surface area contributed by atoms with Gasteiger partial charge in [-0.15, -0.1) is 0 Å². The van der Waals surface area contributed by atoms with Gasteiger partial charge in [0.25, 0.3) is 0 Å². The second-order valence-electron chi connectivity index (χ2n) is 9.11. The second kappa shape index (κ2) is 11.5. The Hall–Kier alpha value is -4.24. The van der Waals surface area contributed by atoms with E-state index >= 15 is 4.39 Å². The Morgan fingerprint density at radius 1 is 1.15 bits per heavy atom. The van der Waals surface area contributed by atoms with Gasteiger partial charge in [-0.25, -0.2) is 32.2 Å². The number of piperidine rings is 1. The van der Waals surface area contributed by atoms with Crippen molar-refractivity contribution in [2.75, 3.05) is 23.1 Å². The molecule has 210 valence electrons. The number of hydrogen-bond acceptors (Lipinski definition) is 9. The summed E-state index contributed by atoms with van der Waals surface area (Å²) in [7, 11) is -2.73. The van der Waals surface area contributed by atoms with Crippen LogP contribution in [0.15, 0.2) is 48.9 Å². The summed E-state index contributed by atoms with van der Waals surface area (Å²) >= 11 is 0. The zero-order chi connectivity index (χ0) is 28.3. The van der Waals surface area contributed by atoms with Gasteiger partial charge in [0.15, 0.2) is 17.4 Å². The molecule has 3 aromatic heterocycles. The van der Waals surface area contributed by atoms with Crippen LogP contribution in [0.25, 0.3) is 11.3 Å². The van der Waals surface area contributed by atoms with Crippen LogP contribution in [-0.2, 0) is 22.8 Å². The lowest BCUT2D eigenvalue weighted by atomic mass is 10.1. The molecule has 0 radical (unpaired) electrons. The highest BCUT2D eigenvalue weighted by Gasteiger charge is 2.26. The Morgan fingerprint density at radius 2 is 2.00 bits per heavy atom. The predicted octanol–water partition coefficient (Wildman–Crippen LogP) is 3.59. The van der Waals surface area contributed by atoms with Crippen molar-refractivity contribution >= 4 is 21.7 Å². The Balaban J connectivity index is 1.38. The number of anilines is 2. The fourth-order valence-corrected chi connectivity index (χ4v) is 5.29. The van der Waals surface area contributed by atoms with Crippen LogP contribution in [0.2, 0.25) is 0 Å². The molecule has 4 heterocycles. The van der Waals surface area contributed by atoms with Crippen molar-refractivity contribution in [3.8, 4) is 22.9 Å². The Kier molecular flexibility index (Phi) is 7.84. The Bertz CT molecular complexity index is 1630. The molecule has 3 N–H and O–H groups in total. The summed E-state index contributed by atoms with van der Waals surface area (Å²) in [4.78, 5) is 12.8. The van der Waals surface area contributed by atoms with Gasteiger partial charge < -0.3 is 15.4 Å². The number of nitrogens with zero attached hydrogens (tertiary/aromatic N) is 5. The van der Waals surface area contributed by atoms with Gasteiger partial charge in [-0.1, -0.05) is 0 Å². The van der Waals surface area contributed by atoms with E-state index in [1.807, 2.05) is 0 Å². The summed E-state index contributed by atoms with van der Waals surface area (Å²) in [6.07, 6.45) is 6.37. The van der Waals surface area contributed by atoms with Gasteiger partial charge in [-0.3, -0.25) is 9.40 Å². The summed E-state index contributed by atoms with van der Waals surface area (Å²) in [6.45, 7) is 1.71. The van der Waals surface area contributed by atoms with E-state index < -0.39 is 44.7 Å². The highest BCUT2D eigenvalue weighted by atomic mass is 32.2. The van der Waals surface area contributed by atoms with Crippen LogP contribution in [0.1, 0.15) is 18.5 Å². The molecule has 1 aromatic carbocycles. The third kappa shape index (κ3) is 6.31. The molecule has 1 saturated heterocycles. The Labute approximate surface area is 227 Å². The lowest BCUT2D eigenvalue weighted by molar-refractivity contribution is 0.401. The molecule has 4 aromatic rings. The lowest BCUT2D eigenvalue weighted by Crippen LogP contribution is -2.38. The molecule has 15 heteroatoms. The van der Waals surface area contributed by atoms with Gasteiger partial charge in [0.2, 0.25) is 27.7 Å². The van der Waals surface area contributed by atoms with Crippen molar-refractivity contribution < 1.29 is 26.3 Å². The minimum atomic E-state index is -4.32. The first-order valence-electron chi connectivity index (χ1n) is 12.3. The first-order chi connectivity index (χ1) is 19.2. The monoisotopic (exact) mass is 574 g/mol. The summed E-state index contributed by atoms with van der Waals surface area (Å²) in [6, 6.07) is 6.90. The molecular weight excluding hydrogens is 549 g/mol. The predicted molar refractivity (Wildman–Crippen MR) is 141 cm³/mol. The van der Waals surface area contributed by atoms with Gasteiger partial charge in [0.05, 0.1) is 17.0 Å². The molecule has 1 fully saturated rings. The van der Waals surface area contributed by atoms with Crippen molar-refractivity contribution in [3.05, 3.63) is 72.1 Å². The van der Waals surface area contributed by atoms with Gasteiger partial charge in [-0.05, 0) is 43.7 Å². The van der Waals surface area contributed by atoms with E-state index in [0.717, 1.165) is 25.9 Å². The lowest BCUT2D eigenvalue weighted by Gasteiger charge is -2.23. The van der Waals surface area contributed by atoms with Crippen molar-refractivity contribution in [2.45, 2.75) is 24.6 Å². The number of nitrogens with one attached hydrogen (secondary N) is 3. The number of sulfonamides is 1. The number of aromatic nitrogens is 5. The summed E-state index contributed by atoms with van der Waals surface area (Å²) in [5, 5.41) is 10.5. The molecule has 1 atom stereocenters. The van der Waals surface area contributed by atoms with E-state index in [0.29, 0.717) is 23.3 Å². The van der Waals surface area contributed by atoms with E-state index in [1.165, 1.54) is 29.3 Å². The van der Waals surface area contributed by atoms with E-state index in [1.54, 1.807) is 30.0 Å². The molecule has 5 rings (SSSR count). The third-order valence-electron chi connectivity index (χ3n) is 6.03. The van der Waals surface area contributed by atoms with Crippen molar-refractivity contribution in [3.63, 3.8) is 0 Å². The zero-order valence-corrected chi connectivity index (χ0v) is 22.1. The number of benzene rings is 1. The van der Waals surface area contributed by atoms with Crippen molar-refractivity contribution in [1.29, 1.82) is 0 Å². The van der Waals surface area contributed by atoms with Crippen molar-refractivity contribution in [1.82, 2.24) is 30.0 Å². The molecule has 0 spiro atoms. The van der Waals surface area contributed by atoms with Gasteiger partial charge in [0.1, 0.15) is 11.4 Å². The fourth-order valence-electron chi connectivity index (χ4n) is 4.17. The van der Waals surface area contributed by atoms with Crippen LogP contribution in [0.3, 0.4) is 0 Å². The SMILES string of the molecule is Cn1ccc(CS(=O)(=O)Nc2c(F)cc(Oc3ncccc3-c3ccnc(N[C@H]4CCCNC4)n3)c(F)c2F)n1. The molecule has 1 aliphatic rings. The topological polar surface area (TPSA) is 136 Å². The molecule has 0 saturated carbocycles. The standard InChI is InChI=1S/C25H25F3N8O3S/c1-36-11-7-16(34-36)14-40(37,38)35-23-18(26)12-20(21(27)22(23)28)39-24-17(5-3-9-30-24)19-6-10-31-25(33-19)32-15-4-2-8-29-13-15/h3,5-7,9-12,15,29,35H,2,4,8,13-14H2,1H3,(H,31,32,33)/t15-/m0/s1. The number of halogens is 3. The van der Waals surface area contributed by atoms with Gasteiger partial charge in [0, 0.05) is 44.3 Å². The van der Waals surface area contributed by atoms with Crippen LogP contribution >= 0.6 is 0 Å². The highest BCUT2D eigenvalue weighted by molar-refractivity contribution is 7.91. The largest absolute Gasteiger partial charge is 0.435 e. The van der Waals surface area contributed by atoms with Crippen LogP contribution < -0.4 is 20.1 Å². The molecular formula is C25H25F3N8O3S. The average Bonchev–Trinajstić information content (AvgIpc) is 3.34. The smallest absolute Gasteiger partial charge is 0.238 e. The zero-order valence-electron chi connectivity index (χ0n) is 21.2. The summed E-state index contributed by atoms with van der Waals surface area (Å²) < 4.78 is 78.3. The first-order valence-corrected chi connectivity index (χ1v) is 13.9. The molecule has 40 heavy (non-hydrogen) atoms. The highest BCUT2D eigenvalue weighted by Crippen LogP contribution is 2.36. The normalized spacial score (nSPS) is 15.6. The van der Waals surface area contributed by atoms with E-state index in [9.17, 15) is 17.2 Å². The van der Waals surface area contributed by atoms with Crippen LogP contribution in [0.5, 0.6) is 11.6 Å². The van der Waals surface area contributed by atoms with Gasteiger partial charge >= 0.3 is 0 Å². The number of rotatable bonds is 9. The fraction of sp³-hybridized carbons (Fsp3) is 0.280. The number of hydrogen-bond donors (Lipinski definition) is 3. The van der Waals surface area contributed by atoms with Crippen LogP contribution in [0, 0.1) is 17.5 Å². The number of ether oxygens (including phenoxy) is 1. The molecule has 11 nitrogen and oxygen atoms in total. The molecule has 0 amide bonds. The maximum atomic E-state index is 15.0. The minimum Gasteiger partial charge on any atom is -0.435 e. The Morgan fingerprint density at radius 3 is 2.75 bits per heavy atom. The molecule has 0 aliphatic carbocycles. The maximum absolute atomic E-state index is 15.0. The maximum Gasteiger partial charge on any atom is 0.238 e. The van der Waals surface area contributed by atoms with Crippen LogP contribution in [0.4, 0.5) is 24.8 Å². The van der Waals surface area contributed by atoms with E-state index in [4.69, 9.17) is 4.74 Å². The molecule has 0 bridgehead atoms.